The van der Waals surface area contributed by atoms with Crippen molar-refractivity contribution in [3.63, 3.8) is 0 Å². The van der Waals surface area contributed by atoms with Crippen LogP contribution in [0, 0.1) is 0 Å². The Morgan fingerprint density at radius 3 is 2.58 bits per heavy atom. The van der Waals surface area contributed by atoms with E-state index in [-0.39, 0.29) is 11.7 Å². The zero-order chi connectivity index (χ0) is 21.8. The second kappa shape index (κ2) is 9.88. The summed E-state index contributed by atoms with van der Waals surface area (Å²) in [6.07, 6.45) is 1.49. The van der Waals surface area contributed by atoms with Crippen LogP contribution in [-0.4, -0.2) is 68.0 Å². The Kier molecular flexibility index (Phi) is 6.98. The number of hydrogen-bond donors (Lipinski definition) is 1. The molecule has 2 aliphatic heterocycles. The van der Waals surface area contributed by atoms with Gasteiger partial charge in [-0.2, -0.15) is 0 Å². The minimum atomic E-state index is -0.639. The summed E-state index contributed by atoms with van der Waals surface area (Å²) in [7, 11) is 3.79. The third kappa shape index (κ3) is 5.31. The normalized spacial score (nSPS) is 20.4. The van der Waals surface area contributed by atoms with Gasteiger partial charge in [0, 0.05) is 38.6 Å². The summed E-state index contributed by atoms with van der Waals surface area (Å²) in [6, 6.07) is 12.0. The summed E-state index contributed by atoms with van der Waals surface area (Å²) in [5.74, 6) is 1.77. The Balaban J connectivity index is 1.41. The van der Waals surface area contributed by atoms with E-state index in [1.807, 2.05) is 24.3 Å². The van der Waals surface area contributed by atoms with Gasteiger partial charge in [0.15, 0.2) is 11.5 Å². The molecule has 1 N–H and O–H groups in total. The van der Waals surface area contributed by atoms with E-state index in [4.69, 9.17) is 9.47 Å². The molecule has 2 aromatic carbocycles. The van der Waals surface area contributed by atoms with Crippen molar-refractivity contribution in [3.05, 3.63) is 53.1 Å². The highest BCUT2D eigenvalue weighted by atomic mass is 19.1. The van der Waals surface area contributed by atoms with Crippen molar-refractivity contribution in [1.29, 1.82) is 0 Å². The third-order valence-electron chi connectivity index (χ3n) is 6.44. The summed E-state index contributed by atoms with van der Waals surface area (Å²) in [6.45, 7) is 4.82. The zero-order valence-electron chi connectivity index (χ0n) is 18.5. The van der Waals surface area contributed by atoms with Crippen LogP contribution in [0.25, 0.3) is 0 Å². The first-order valence-corrected chi connectivity index (χ1v) is 11.2. The maximum atomic E-state index is 13.3. The van der Waals surface area contributed by atoms with E-state index in [1.165, 1.54) is 11.1 Å². The van der Waals surface area contributed by atoms with Gasteiger partial charge in [-0.05, 0) is 67.3 Å². The van der Waals surface area contributed by atoms with Gasteiger partial charge in [0.25, 0.3) is 0 Å². The molecule has 0 amide bonds. The number of phenols is 1. The molecule has 0 spiro atoms. The maximum absolute atomic E-state index is 13.3. The van der Waals surface area contributed by atoms with Gasteiger partial charge < -0.3 is 24.4 Å². The number of ether oxygens (including phenoxy) is 2. The molecule has 31 heavy (non-hydrogen) atoms. The van der Waals surface area contributed by atoms with Crippen LogP contribution in [-0.2, 0) is 6.54 Å². The number of rotatable bonds is 7. The maximum Gasteiger partial charge on any atom is 0.161 e. The topological polar surface area (TPSA) is 45.2 Å². The highest BCUT2D eigenvalue weighted by Gasteiger charge is 2.27. The largest absolute Gasteiger partial charge is 0.504 e. The van der Waals surface area contributed by atoms with Crippen LogP contribution in [0.15, 0.2) is 36.4 Å². The van der Waals surface area contributed by atoms with Crippen molar-refractivity contribution in [2.24, 2.45) is 0 Å². The lowest BCUT2D eigenvalue weighted by molar-refractivity contribution is 0.142. The first-order valence-electron chi connectivity index (χ1n) is 11.2. The zero-order valence-corrected chi connectivity index (χ0v) is 18.5. The molecular weight excluding hydrogens is 395 g/mol. The first-order chi connectivity index (χ1) is 15.0. The monoisotopic (exact) mass is 428 g/mol. The molecule has 0 bridgehead atoms. The second-order valence-corrected chi connectivity index (χ2v) is 8.76. The first kappa shape index (κ1) is 21.9. The number of likely N-dealkylation sites (N-methyl/N-ethyl adjacent to an activating group) is 1. The molecule has 0 saturated carbocycles. The number of aromatic hydroxyl groups is 1. The number of nitrogens with zero attached hydrogens (tertiary/aromatic N) is 2. The van der Waals surface area contributed by atoms with E-state index in [1.54, 1.807) is 7.11 Å². The van der Waals surface area contributed by atoms with E-state index in [0.717, 1.165) is 50.5 Å². The summed E-state index contributed by atoms with van der Waals surface area (Å²) >= 11 is 0. The van der Waals surface area contributed by atoms with Crippen LogP contribution in [0.3, 0.4) is 0 Å². The van der Waals surface area contributed by atoms with Crippen LogP contribution < -0.4 is 9.47 Å². The predicted octanol–water partition coefficient (Wildman–Crippen LogP) is 4.18. The highest BCUT2D eigenvalue weighted by Crippen LogP contribution is 2.39. The second-order valence-electron chi connectivity index (χ2n) is 8.76. The molecule has 4 rings (SSSR count). The van der Waals surface area contributed by atoms with E-state index >= 15 is 0 Å². The molecule has 5 nitrogen and oxygen atoms in total. The number of benzene rings is 2. The van der Waals surface area contributed by atoms with Crippen LogP contribution in [0.1, 0.15) is 41.9 Å². The number of phenolic OH excluding ortho intramolecular Hbond substituents is 1. The molecule has 2 aromatic rings. The quantitative estimate of drug-likeness (QED) is 0.671. The summed E-state index contributed by atoms with van der Waals surface area (Å²) < 4.78 is 24.5. The minimum absolute atomic E-state index is 0.193. The van der Waals surface area contributed by atoms with Gasteiger partial charge in [-0.3, -0.25) is 0 Å². The van der Waals surface area contributed by atoms with E-state index in [9.17, 15) is 9.50 Å². The van der Waals surface area contributed by atoms with Crippen molar-refractivity contribution < 1.29 is 19.0 Å². The molecule has 2 aliphatic rings. The fourth-order valence-corrected chi connectivity index (χ4v) is 4.69. The van der Waals surface area contributed by atoms with Gasteiger partial charge in [0.05, 0.1) is 13.7 Å². The Bertz CT molecular complexity index is 866. The Morgan fingerprint density at radius 1 is 1.13 bits per heavy atom. The minimum Gasteiger partial charge on any atom is -0.504 e. The van der Waals surface area contributed by atoms with Crippen LogP contribution in [0.2, 0.25) is 0 Å². The van der Waals surface area contributed by atoms with Crippen LogP contribution in [0.4, 0.5) is 4.39 Å². The molecule has 168 valence electrons. The highest BCUT2D eigenvalue weighted by molar-refractivity contribution is 5.51. The number of halogens is 1. The van der Waals surface area contributed by atoms with E-state index < -0.39 is 6.17 Å². The average molecular weight is 429 g/mol. The fourth-order valence-electron chi connectivity index (χ4n) is 4.69. The fraction of sp³-hybridized carbons (Fsp3) is 0.520. The van der Waals surface area contributed by atoms with Gasteiger partial charge >= 0.3 is 0 Å². The van der Waals surface area contributed by atoms with Gasteiger partial charge in [0.1, 0.15) is 11.9 Å². The van der Waals surface area contributed by atoms with Crippen molar-refractivity contribution in [2.75, 3.05) is 46.9 Å². The molecule has 0 aliphatic carbocycles. The Morgan fingerprint density at radius 2 is 1.87 bits per heavy atom. The summed E-state index contributed by atoms with van der Waals surface area (Å²) in [5.41, 5.74) is 3.55. The standard InChI is InChI=1S/C25H33FN2O3/c1-27-16-19-14-25(31-13-3-10-28-11-8-20(26)9-12-28)24(29)15-22(19)23(17-27)18-4-6-21(30-2)7-5-18/h4-7,14-15,20,23,29H,3,8-13,16-17H2,1-2H3. The van der Waals surface area contributed by atoms with Gasteiger partial charge in [-0.1, -0.05) is 12.1 Å². The van der Waals surface area contributed by atoms with Crippen molar-refractivity contribution >= 4 is 0 Å². The third-order valence-corrected chi connectivity index (χ3v) is 6.44. The molecule has 1 fully saturated rings. The predicted molar refractivity (Wildman–Crippen MR) is 120 cm³/mol. The average Bonchev–Trinajstić information content (AvgIpc) is 2.78. The number of fused-ring (bicyclic) bond motifs is 1. The lowest BCUT2D eigenvalue weighted by Crippen LogP contribution is -2.35. The number of hydrogen-bond acceptors (Lipinski definition) is 5. The number of piperidine rings is 1. The SMILES string of the molecule is COc1ccc(C2CN(C)Cc3cc(OCCCN4CCC(F)CC4)c(O)cc32)cc1. The summed E-state index contributed by atoms with van der Waals surface area (Å²) in [5, 5.41) is 10.6. The van der Waals surface area contributed by atoms with Crippen molar-refractivity contribution in [3.8, 4) is 17.2 Å². The van der Waals surface area contributed by atoms with Crippen LogP contribution in [0.5, 0.6) is 17.2 Å². The molecular formula is C25H33FN2O3. The molecule has 0 radical (unpaired) electrons. The van der Waals surface area contributed by atoms with E-state index in [2.05, 4.69) is 29.0 Å². The lowest BCUT2D eigenvalue weighted by atomic mass is 9.84. The smallest absolute Gasteiger partial charge is 0.161 e. The molecule has 1 atom stereocenters. The van der Waals surface area contributed by atoms with Gasteiger partial charge in [-0.15, -0.1) is 0 Å². The Hall–Kier alpha value is -2.31. The van der Waals surface area contributed by atoms with Gasteiger partial charge in [-0.25, -0.2) is 4.39 Å². The molecule has 1 saturated heterocycles. The molecule has 0 aromatic heterocycles. The lowest BCUT2D eigenvalue weighted by Gasteiger charge is -2.33. The molecule has 2 heterocycles. The summed E-state index contributed by atoms with van der Waals surface area (Å²) in [4.78, 5) is 4.59. The van der Waals surface area contributed by atoms with Crippen molar-refractivity contribution in [1.82, 2.24) is 9.80 Å². The van der Waals surface area contributed by atoms with Gasteiger partial charge in [0.2, 0.25) is 0 Å². The number of methoxy groups -OCH3 is 1. The number of alkyl halides is 1. The molecule has 6 heteroatoms. The van der Waals surface area contributed by atoms with Crippen LogP contribution >= 0.6 is 0 Å². The van der Waals surface area contributed by atoms with E-state index in [0.29, 0.717) is 25.2 Å². The van der Waals surface area contributed by atoms with Crippen molar-refractivity contribution in [2.45, 2.75) is 37.9 Å². The number of likely N-dealkylation sites (tertiary alicyclic amines) is 1. The molecule has 1 unspecified atom stereocenters. The Labute approximate surface area is 184 Å².